The van der Waals surface area contributed by atoms with Gasteiger partial charge in [0.15, 0.2) is 5.96 Å². The first-order chi connectivity index (χ1) is 14.6. The summed E-state index contributed by atoms with van der Waals surface area (Å²) >= 11 is 0. The van der Waals surface area contributed by atoms with Crippen molar-refractivity contribution in [3.63, 3.8) is 0 Å². The zero-order valence-electron chi connectivity index (χ0n) is 17.9. The van der Waals surface area contributed by atoms with Crippen molar-refractivity contribution >= 4 is 45.6 Å². The van der Waals surface area contributed by atoms with Gasteiger partial charge in [0.2, 0.25) is 10.0 Å². The van der Waals surface area contributed by atoms with E-state index in [9.17, 15) is 8.42 Å². The second kappa shape index (κ2) is 12.9. The third-order valence-corrected chi connectivity index (χ3v) is 6.30. The minimum absolute atomic E-state index is 0. The molecular weight excluding hydrogens is 525 g/mol. The number of piperazine rings is 1. The van der Waals surface area contributed by atoms with E-state index < -0.39 is 10.0 Å². The summed E-state index contributed by atoms with van der Waals surface area (Å²) in [6.07, 6.45) is 0. The molecule has 2 N–H and O–H groups in total. The first-order valence-corrected chi connectivity index (χ1v) is 12.1. The number of guanidine groups is 1. The van der Waals surface area contributed by atoms with Gasteiger partial charge in [-0.2, -0.15) is 0 Å². The highest BCUT2D eigenvalue weighted by Crippen LogP contribution is 2.15. The summed E-state index contributed by atoms with van der Waals surface area (Å²) in [4.78, 5) is 9.13. The molecule has 170 valence electrons. The number of hydrogen-bond acceptors (Lipinski definition) is 4. The van der Waals surface area contributed by atoms with Crippen molar-refractivity contribution < 1.29 is 8.42 Å². The third-order valence-electron chi connectivity index (χ3n) is 5.00. The molecule has 2 aromatic carbocycles. The van der Waals surface area contributed by atoms with E-state index in [1.54, 1.807) is 0 Å². The number of hydrogen-bond donors (Lipinski definition) is 2. The lowest BCUT2D eigenvalue weighted by atomic mass is 10.2. The normalized spacial score (nSPS) is 14.8. The summed E-state index contributed by atoms with van der Waals surface area (Å²) in [5.41, 5.74) is 2.17. The maximum absolute atomic E-state index is 12.3. The van der Waals surface area contributed by atoms with Crippen LogP contribution in [0, 0.1) is 0 Å². The highest BCUT2D eigenvalue weighted by atomic mass is 127. The molecular formula is C22H32IN5O2S. The topological polar surface area (TPSA) is 77.0 Å². The standard InChI is InChI=1S/C22H31N5O2S.HI/c1-2-23-22(27-16-14-26(15-17-27)21-11-7-4-8-12-21)24-13-18-30(28,29)25-19-20-9-5-3-6-10-20;/h3-12,25H,2,13-19H2,1H3,(H,23,24);1H. The van der Waals surface area contributed by atoms with E-state index in [2.05, 4.69) is 49.1 Å². The number of nitrogens with zero attached hydrogens (tertiary/aromatic N) is 3. The summed E-state index contributed by atoms with van der Waals surface area (Å²) in [5.74, 6) is 0.752. The Labute approximate surface area is 203 Å². The Morgan fingerprint density at radius 1 is 0.968 bits per heavy atom. The molecule has 0 saturated carbocycles. The molecule has 9 heteroatoms. The summed E-state index contributed by atoms with van der Waals surface area (Å²) in [5, 5.41) is 3.29. The largest absolute Gasteiger partial charge is 0.368 e. The highest BCUT2D eigenvalue weighted by Gasteiger charge is 2.20. The van der Waals surface area contributed by atoms with Crippen LogP contribution in [0.1, 0.15) is 12.5 Å². The molecule has 0 amide bonds. The van der Waals surface area contributed by atoms with Crippen LogP contribution in [0.15, 0.2) is 65.7 Å². The van der Waals surface area contributed by atoms with Crippen LogP contribution in [0.3, 0.4) is 0 Å². The van der Waals surface area contributed by atoms with Crippen molar-refractivity contribution in [3.05, 3.63) is 66.2 Å². The van der Waals surface area contributed by atoms with Crippen molar-refractivity contribution in [2.45, 2.75) is 13.5 Å². The minimum Gasteiger partial charge on any atom is -0.368 e. The minimum atomic E-state index is -3.38. The van der Waals surface area contributed by atoms with Gasteiger partial charge >= 0.3 is 0 Å². The maximum Gasteiger partial charge on any atom is 0.213 e. The van der Waals surface area contributed by atoms with Crippen molar-refractivity contribution in [1.29, 1.82) is 0 Å². The average molecular weight is 558 g/mol. The number of benzene rings is 2. The van der Waals surface area contributed by atoms with Gasteiger partial charge in [-0.3, -0.25) is 4.99 Å². The Kier molecular flexibility index (Phi) is 10.6. The van der Waals surface area contributed by atoms with E-state index in [0.717, 1.165) is 44.2 Å². The molecule has 3 rings (SSSR count). The van der Waals surface area contributed by atoms with Crippen molar-refractivity contribution in [2.24, 2.45) is 4.99 Å². The molecule has 1 saturated heterocycles. The van der Waals surface area contributed by atoms with Crippen LogP contribution in [0.25, 0.3) is 0 Å². The Bertz CT molecular complexity index is 902. The molecule has 2 aromatic rings. The van der Waals surface area contributed by atoms with Gasteiger partial charge in [-0.1, -0.05) is 48.5 Å². The van der Waals surface area contributed by atoms with Crippen molar-refractivity contribution in [3.8, 4) is 0 Å². The maximum atomic E-state index is 12.3. The van der Waals surface area contributed by atoms with Gasteiger partial charge in [0.1, 0.15) is 0 Å². The Morgan fingerprint density at radius 3 is 2.19 bits per heavy atom. The first-order valence-electron chi connectivity index (χ1n) is 10.4. The van der Waals surface area contributed by atoms with Gasteiger partial charge in [0.25, 0.3) is 0 Å². The van der Waals surface area contributed by atoms with Crippen LogP contribution in [0.2, 0.25) is 0 Å². The number of sulfonamides is 1. The second-order valence-electron chi connectivity index (χ2n) is 7.17. The van der Waals surface area contributed by atoms with Gasteiger partial charge in [0.05, 0.1) is 12.3 Å². The number of nitrogens with one attached hydrogen (secondary N) is 2. The summed E-state index contributed by atoms with van der Waals surface area (Å²) in [7, 11) is -3.38. The quantitative estimate of drug-likeness (QED) is 0.297. The predicted molar refractivity (Wildman–Crippen MR) is 139 cm³/mol. The molecule has 0 unspecified atom stereocenters. The van der Waals surface area contributed by atoms with E-state index in [-0.39, 0.29) is 36.3 Å². The molecule has 1 heterocycles. The lowest BCUT2D eigenvalue weighted by molar-refractivity contribution is 0.373. The van der Waals surface area contributed by atoms with Gasteiger partial charge in [-0.05, 0) is 24.6 Å². The Hall–Kier alpha value is -1.85. The number of para-hydroxylation sites is 1. The zero-order chi connectivity index (χ0) is 21.2. The zero-order valence-corrected chi connectivity index (χ0v) is 21.1. The molecule has 1 fully saturated rings. The van der Waals surface area contributed by atoms with E-state index in [4.69, 9.17) is 0 Å². The number of halogens is 1. The monoisotopic (exact) mass is 557 g/mol. The van der Waals surface area contributed by atoms with Crippen LogP contribution in [-0.4, -0.2) is 64.3 Å². The SMILES string of the molecule is CCNC(=NCCS(=O)(=O)NCc1ccccc1)N1CCN(c2ccccc2)CC1.I. The third kappa shape index (κ3) is 8.30. The van der Waals surface area contributed by atoms with Crippen molar-refractivity contribution in [2.75, 3.05) is 49.9 Å². The van der Waals surface area contributed by atoms with Gasteiger partial charge in [-0.25, -0.2) is 13.1 Å². The first kappa shape index (κ1) is 25.4. The summed E-state index contributed by atoms with van der Waals surface area (Å²) in [6.45, 7) is 6.81. The molecule has 1 aliphatic heterocycles. The predicted octanol–water partition coefficient (Wildman–Crippen LogP) is 2.51. The second-order valence-corrected chi connectivity index (χ2v) is 9.10. The lowest BCUT2D eigenvalue weighted by Crippen LogP contribution is -2.52. The number of aliphatic imine (C=N–C) groups is 1. The van der Waals surface area contributed by atoms with Crippen LogP contribution >= 0.6 is 24.0 Å². The molecule has 0 aliphatic carbocycles. The summed E-state index contributed by atoms with van der Waals surface area (Å²) in [6, 6.07) is 19.9. The van der Waals surface area contributed by atoms with Crippen LogP contribution in [0.4, 0.5) is 5.69 Å². The van der Waals surface area contributed by atoms with Crippen LogP contribution in [-0.2, 0) is 16.6 Å². The number of anilines is 1. The molecule has 0 bridgehead atoms. The fourth-order valence-electron chi connectivity index (χ4n) is 3.37. The van der Waals surface area contributed by atoms with Crippen LogP contribution < -0.4 is 14.9 Å². The van der Waals surface area contributed by atoms with Crippen molar-refractivity contribution in [1.82, 2.24) is 14.9 Å². The van der Waals surface area contributed by atoms with Crippen LogP contribution in [0.5, 0.6) is 0 Å². The summed E-state index contributed by atoms with van der Waals surface area (Å²) < 4.78 is 27.2. The number of rotatable bonds is 8. The van der Waals surface area contributed by atoms with E-state index >= 15 is 0 Å². The fourth-order valence-corrected chi connectivity index (χ4v) is 4.24. The smallest absolute Gasteiger partial charge is 0.213 e. The molecule has 0 spiro atoms. The van der Waals surface area contributed by atoms with Gasteiger partial charge < -0.3 is 15.1 Å². The van der Waals surface area contributed by atoms with E-state index in [1.165, 1.54) is 5.69 Å². The van der Waals surface area contributed by atoms with Gasteiger partial charge in [-0.15, -0.1) is 24.0 Å². The Morgan fingerprint density at radius 2 is 1.58 bits per heavy atom. The average Bonchev–Trinajstić information content (AvgIpc) is 2.79. The van der Waals surface area contributed by atoms with E-state index in [0.29, 0.717) is 6.54 Å². The Balaban J connectivity index is 0.00000341. The van der Waals surface area contributed by atoms with E-state index in [1.807, 2.05) is 43.3 Å². The molecule has 1 aliphatic rings. The fraction of sp³-hybridized carbons (Fsp3) is 0.409. The molecule has 31 heavy (non-hydrogen) atoms. The molecule has 0 radical (unpaired) electrons. The highest BCUT2D eigenvalue weighted by molar-refractivity contribution is 14.0. The van der Waals surface area contributed by atoms with Gasteiger partial charge in [0, 0.05) is 45.0 Å². The molecule has 0 atom stereocenters. The lowest BCUT2D eigenvalue weighted by Gasteiger charge is -2.37. The molecule has 0 aromatic heterocycles. The molecule has 7 nitrogen and oxygen atoms in total.